The molecule has 158 valence electrons. The fourth-order valence-electron chi connectivity index (χ4n) is 2.63. The lowest BCUT2D eigenvalue weighted by molar-refractivity contribution is -0.384. The average Bonchev–Trinajstić information content (AvgIpc) is 2.79. The van der Waals surface area contributed by atoms with Crippen molar-refractivity contribution in [3.63, 3.8) is 0 Å². The van der Waals surface area contributed by atoms with E-state index in [2.05, 4.69) is 10.5 Å². The Kier molecular flexibility index (Phi) is 7.31. The number of hydrogen-bond donors (Lipinski definition) is 1. The minimum atomic E-state index is -0.477. The molecule has 8 heteroatoms. The van der Waals surface area contributed by atoms with Crippen molar-refractivity contribution in [3.8, 4) is 11.5 Å². The summed E-state index contributed by atoms with van der Waals surface area (Å²) in [7, 11) is 0. The molecule has 3 rings (SSSR count). The molecule has 0 heterocycles. The Hall–Kier alpha value is -4.20. The molecule has 0 aliphatic rings. The molecule has 0 saturated heterocycles. The third-order valence-corrected chi connectivity index (χ3v) is 4.24. The second-order valence-electron chi connectivity index (χ2n) is 6.44. The van der Waals surface area contributed by atoms with Crippen molar-refractivity contribution >= 4 is 17.8 Å². The lowest BCUT2D eigenvalue weighted by Gasteiger charge is -2.08. The molecule has 0 aliphatic carbocycles. The highest BCUT2D eigenvalue weighted by molar-refractivity contribution is 5.94. The van der Waals surface area contributed by atoms with Crippen molar-refractivity contribution in [1.29, 1.82) is 0 Å². The van der Waals surface area contributed by atoms with Crippen LogP contribution < -0.4 is 14.9 Å². The van der Waals surface area contributed by atoms with Crippen LogP contribution in [0, 0.1) is 10.1 Å². The summed E-state index contributed by atoms with van der Waals surface area (Å²) in [4.78, 5) is 22.4. The van der Waals surface area contributed by atoms with E-state index in [4.69, 9.17) is 9.47 Å². The zero-order chi connectivity index (χ0) is 22.1. The van der Waals surface area contributed by atoms with Gasteiger partial charge in [-0.3, -0.25) is 14.9 Å². The Morgan fingerprint density at radius 3 is 2.16 bits per heavy atom. The summed E-state index contributed by atoms with van der Waals surface area (Å²) >= 11 is 0. The molecule has 3 aromatic carbocycles. The molecule has 0 saturated carbocycles. The number of ether oxygens (including phenoxy) is 2. The fourth-order valence-corrected chi connectivity index (χ4v) is 2.63. The molecule has 8 nitrogen and oxygen atoms in total. The van der Waals surface area contributed by atoms with Crippen molar-refractivity contribution in [2.45, 2.75) is 13.5 Å². The van der Waals surface area contributed by atoms with Gasteiger partial charge in [0, 0.05) is 17.7 Å². The zero-order valence-corrected chi connectivity index (χ0v) is 16.9. The number of nitro benzene ring substituents is 1. The van der Waals surface area contributed by atoms with E-state index < -0.39 is 4.92 Å². The summed E-state index contributed by atoms with van der Waals surface area (Å²) in [6.07, 6.45) is 1.42. The van der Waals surface area contributed by atoms with Gasteiger partial charge in [0.1, 0.15) is 18.1 Å². The van der Waals surface area contributed by atoms with E-state index in [9.17, 15) is 14.9 Å². The largest absolute Gasteiger partial charge is 0.494 e. The van der Waals surface area contributed by atoms with Gasteiger partial charge >= 0.3 is 0 Å². The van der Waals surface area contributed by atoms with Gasteiger partial charge in [-0.2, -0.15) is 5.10 Å². The van der Waals surface area contributed by atoms with Crippen LogP contribution in [0.5, 0.6) is 11.5 Å². The molecule has 0 atom stereocenters. The third kappa shape index (κ3) is 6.40. The SMILES string of the molecule is CCOc1ccc(OCc2ccc(C(=O)N/N=C\c3ccc([N+](=O)[O-])cc3)cc2)cc1. The quantitative estimate of drug-likeness (QED) is 0.316. The topological polar surface area (TPSA) is 103 Å². The summed E-state index contributed by atoms with van der Waals surface area (Å²) in [5, 5.41) is 14.5. The van der Waals surface area contributed by atoms with Crippen molar-refractivity contribution in [2.24, 2.45) is 5.10 Å². The van der Waals surface area contributed by atoms with Gasteiger partial charge in [0.15, 0.2) is 0 Å². The molecule has 31 heavy (non-hydrogen) atoms. The molecule has 0 aliphatic heterocycles. The lowest BCUT2D eigenvalue weighted by Crippen LogP contribution is -2.17. The first-order valence-corrected chi connectivity index (χ1v) is 9.57. The summed E-state index contributed by atoms with van der Waals surface area (Å²) in [5.41, 5.74) is 4.42. The lowest BCUT2D eigenvalue weighted by atomic mass is 10.1. The van der Waals surface area contributed by atoms with Crippen LogP contribution in [0.1, 0.15) is 28.4 Å². The van der Waals surface area contributed by atoms with Crippen LogP contribution >= 0.6 is 0 Å². The number of carbonyl (C=O) groups excluding carboxylic acids is 1. The van der Waals surface area contributed by atoms with Crippen molar-refractivity contribution in [2.75, 3.05) is 6.61 Å². The summed E-state index contributed by atoms with van der Waals surface area (Å²) in [6.45, 7) is 2.91. The zero-order valence-electron chi connectivity index (χ0n) is 16.9. The molecule has 1 N–H and O–H groups in total. The van der Waals surface area contributed by atoms with Crippen LogP contribution in [0.4, 0.5) is 5.69 Å². The number of nitro groups is 1. The smallest absolute Gasteiger partial charge is 0.271 e. The van der Waals surface area contributed by atoms with Crippen LogP contribution in [0.2, 0.25) is 0 Å². The first-order valence-electron chi connectivity index (χ1n) is 9.57. The maximum atomic E-state index is 12.2. The van der Waals surface area contributed by atoms with Crippen LogP contribution in [-0.4, -0.2) is 23.7 Å². The first kappa shape index (κ1) is 21.5. The summed E-state index contributed by atoms with van der Waals surface area (Å²) < 4.78 is 11.1. The Morgan fingerprint density at radius 1 is 0.968 bits per heavy atom. The first-order chi connectivity index (χ1) is 15.0. The Morgan fingerprint density at radius 2 is 1.58 bits per heavy atom. The van der Waals surface area contributed by atoms with Crippen LogP contribution in [-0.2, 0) is 6.61 Å². The molecule has 1 amide bonds. The predicted octanol–water partition coefficient (Wildman–Crippen LogP) is 4.34. The number of rotatable bonds is 9. The number of benzene rings is 3. The summed E-state index contributed by atoms with van der Waals surface area (Å²) in [6, 6.07) is 20.2. The third-order valence-electron chi connectivity index (χ3n) is 4.24. The number of hydrazone groups is 1. The van der Waals surface area contributed by atoms with Crippen LogP contribution in [0.15, 0.2) is 77.9 Å². The second kappa shape index (κ2) is 10.5. The highest BCUT2D eigenvalue weighted by atomic mass is 16.6. The van der Waals surface area contributed by atoms with Gasteiger partial charge in [-0.25, -0.2) is 5.43 Å². The van der Waals surface area contributed by atoms with Gasteiger partial charge in [-0.1, -0.05) is 12.1 Å². The van der Waals surface area contributed by atoms with Gasteiger partial charge in [-0.05, 0) is 66.6 Å². The van der Waals surface area contributed by atoms with Gasteiger partial charge in [0.2, 0.25) is 0 Å². The van der Waals surface area contributed by atoms with Crippen molar-refractivity contribution < 1.29 is 19.2 Å². The highest BCUT2D eigenvalue weighted by Gasteiger charge is 2.05. The molecule has 0 spiro atoms. The molecular weight excluding hydrogens is 398 g/mol. The number of amides is 1. The molecule has 0 bridgehead atoms. The number of nitrogens with one attached hydrogen (secondary N) is 1. The van der Waals surface area contributed by atoms with Gasteiger partial charge < -0.3 is 9.47 Å². The maximum absolute atomic E-state index is 12.2. The predicted molar refractivity (Wildman–Crippen MR) is 117 cm³/mol. The Bertz CT molecular complexity index is 1050. The van der Waals surface area contributed by atoms with Crippen molar-refractivity contribution in [3.05, 3.63) is 99.6 Å². The van der Waals surface area contributed by atoms with E-state index in [0.717, 1.165) is 17.1 Å². The average molecular weight is 419 g/mol. The monoisotopic (exact) mass is 419 g/mol. The minimum absolute atomic E-state index is 0.00669. The number of hydrogen-bond acceptors (Lipinski definition) is 6. The van der Waals surface area contributed by atoms with E-state index in [1.165, 1.54) is 18.3 Å². The standard InChI is InChI=1S/C23H21N3O5/c1-2-30-21-11-13-22(14-12-21)31-16-18-3-7-19(8-4-18)23(27)25-24-15-17-5-9-20(10-6-17)26(28)29/h3-15H,2,16H2,1H3,(H,25,27)/b24-15-. The molecular formula is C23H21N3O5. The van der Waals surface area contributed by atoms with Gasteiger partial charge in [0.25, 0.3) is 11.6 Å². The number of carbonyl (C=O) groups is 1. The molecule has 0 aromatic heterocycles. The van der Waals surface area contributed by atoms with E-state index >= 15 is 0 Å². The Labute approximate surface area is 179 Å². The van der Waals surface area contributed by atoms with Gasteiger partial charge in [-0.15, -0.1) is 0 Å². The van der Waals surface area contributed by atoms with E-state index in [-0.39, 0.29) is 11.6 Å². The number of nitrogens with zero attached hydrogens (tertiary/aromatic N) is 2. The molecule has 0 radical (unpaired) electrons. The van der Waals surface area contributed by atoms with E-state index in [1.807, 2.05) is 43.3 Å². The maximum Gasteiger partial charge on any atom is 0.271 e. The fraction of sp³-hybridized carbons (Fsp3) is 0.130. The molecule has 0 unspecified atom stereocenters. The van der Waals surface area contributed by atoms with Crippen LogP contribution in [0.3, 0.4) is 0 Å². The second-order valence-corrected chi connectivity index (χ2v) is 6.44. The van der Waals surface area contributed by atoms with Crippen LogP contribution in [0.25, 0.3) is 0 Å². The molecule has 0 fully saturated rings. The summed E-state index contributed by atoms with van der Waals surface area (Å²) in [5.74, 6) is 1.16. The molecule has 3 aromatic rings. The van der Waals surface area contributed by atoms with Crippen molar-refractivity contribution in [1.82, 2.24) is 5.43 Å². The number of non-ortho nitro benzene ring substituents is 1. The van der Waals surface area contributed by atoms with E-state index in [0.29, 0.717) is 24.3 Å². The minimum Gasteiger partial charge on any atom is -0.494 e. The van der Waals surface area contributed by atoms with E-state index in [1.54, 1.807) is 24.3 Å². The normalized spacial score (nSPS) is 10.6. The highest BCUT2D eigenvalue weighted by Crippen LogP contribution is 2.19. The Balaban J connectivity index is 1.49. The van der Waals surface area contributed by atoms with Gasteiger partial charge in [0.05, 0.1) is 17.7 Å².